The number of nitrogens with zero attached hydrogens (tertiary/aromatic N) is 3. The molecule has 0 amide bonds. The van der Waals surface area contributed by atoms with Crippen LogP contribution in [0.2, 0.25) is 0 Å². The Morgan fingerprint density at radius 1 is 1.47 bits per heavy atom. The van der Waals surface area contributed by atoms with E-state index in [9.17, 15) is 4.79 Å². The van der Waals surface area contributed by atoms with Crippen molar-refractivity contribution < 1.29 is 18.7 Å². The fraction of sp³-hybridized carbons (Fsp3) is 0.143. The summed E-state index contributed by atoms with van der Waals surface area (Å²) < 4.78 is 9.93. The summed E-state index contributed by atoms with van der Waals surface area (Å²) in [6.45, 7) is 1.65. The Kier molecular flexibility index (Phi) is 2.42. The van der Waals surface area contributed by atoms with Gasteiger partial charge in [0.15, 0.2) is 5.69 Å². The number of hydrogen-bond acceptors (Lipinski definition) is 7. The number of aromatic carboxylic acids is 1. The van der Waals surface area contributed by atoms with Crippen molar-refractivity contribution >= 4 is 17.7 Å². The van der Waals surface area contributed by atoms with Crippen LogP contribution in [0, 0.1) is 6.92 Å². The number of carboxylic acids is 1. The van der Waals surface area contributed by atoms with Gasteiger partial charge in [-0.05, 0) is 0 Å². The molecule has 0 fully saturated rings. The smallest absolute Gasteiger partial charge is 0.357 e. The molecule has 7 nitrogen and oxygen atoms in total. The van der Waals surface area contributed by atoms with Crippen molar-refractivity contribution in [1.29, 1.82) is 0 Å². The van der Waals surface area contributed by atoms with Crippen molar-refractivity contribution in [3.05, 3.63) is 17.8 Å². The molecule has 78 valence electrons. The first-order valence-electron chi connectivity index (χ1n) is 3.82. The number of carbonyl (C=O) groups is 1. The standard InChI is InChI=1S/C7H5N3O4S/c1-3-9-10-7(14-3)15-6-8-4(2-13-6)5(11)12/h2H,1H3,(H,11,12). The highest BCUT2D eigenvalue weighted by atomic mass is 32.2. The highest BCUT2D eigenvalue weighted by Gasteiger charge is 2.14. The van der Waals surface area contributed by atoms with E-state index < -0.39 is 5.97 Å². The summed E-state index contributed by atoms with van der Waals surface area (Å²) >= 11 is 0.965. The Balaban J connectivity index is 2.14. The largest absolute Gasteiger partial charge is 0.476 e. The van der Waals surface area contributed by atoms with E-state index in [-0.39, 0.29) is 16.1 Å². The Bertz CT molecular complexity index is 492. The van der Waals surface area contributed by atoms with Gasteiger partial charge in [0.2, 0.25) is 5.89 Å². The third kappa shape index (κ3) is 2.15. The monoisotopic (exact) mass is 227 g/mol. The maximum absolute atomic E-state index is 10.5. The summed E-state index contributed by atoms with van der Waals surface area (Å²) in [6.07, 6.45) is 1.05. The van der Waals surface area contributed by atoms with E-state index in [4.69, 9.17) is 13.9 Å². The molecule has 2 rings (SSSR count). The van der Waals surface area contributed by atoms with Crippen molar-refractivity contribution in [3.63, 3.8) is 0 Å². The van der Waals surface area contributed by atoms with Crippen molar-refractivity contribution in [1.82, 2.24) is 15.2 Å². The van der Waals surface area contributed by atoms with Crippen molar-refractivity contribution in [2.45, 2.75) is 17.4 Å². The fourth-order valence-corrected chi connectivity index (χ4v) is 1.43. The molecule has 0 atom stereocenters. The lowest BCUT2D eigenvalue weighted by Gasteiger charge is -1.85. The summed E-state index contributed by atoms with van der Waals surface area (Å²) in [4.78, 5) is 14.2. The molecule has 1 N–H and O–H groups in total. The van der Waals surface area contributed by atoms with Gasteiger partial charge in [-0.2, -0.15) is 4.98 Å². The molecule has 15 heavy (non-hydrogen) atoms. The van der Waals surface area contributed by atoms with Gasteiger partial charge in [-0.3, -0.25) is 0 Å². The second-order valence-corrected chi connectivity index (χ2v) is 3.40. The van der Waals surface area contributed by atoms with E-state index in [1.54, 1.807) is 6.92 Å². The number of hydrogen-bond donors (Lipinski definition) is 1. The van der Waals surface area contributed by atoms with Crippen molar-refractivity contribution in [2.24, 2.45) is 0 Å². The third-order valence-corrected chi connectivity index (χ3v) is 2.09. The van der Waals surface area contributed by atoms with Gasteiger partial charge in [0.05, 0.1) is 0 Å². The molecule has 0 aliphatic rings. The number of aromatic nitrogens is 3. The average Bonchev–Trinajstić information content (AvgIpc) is 2.76. The molecule has 0 aromatic carbocycles. The minimum atomic E-state index is -1.15. The molecule has 0 bridgehead atoms. The lowest BCUT2D eigenvalue weighted by Crippen LogP contribution is -1.95. The number of aryl methyl sites for hydroxylation is 1. The summed E-state index contributed by atoms with van der Waals surface area (Å²) in [7, 11) is 0. The molecule has 0 spiro atoms. The van der Waals surface area contributed by atoms with Gasteiger partial charge < -0.3 is 13.9 Å². The molecule has 0 aliphatic heterocycles. The van der Waals surface area contributed by atoms with Gasteiger partial charge in [-0.25, -0.2) is 4.79 Å². The summed E-state index contributed by atoms with van der Waals surface area (Å²) in [5.74, 6) is -0.727. The SMILES string of the molecule is Cc1nnc(Sc2nc(C(=O)O)co2)o1. The molecule has 2 aromatic rings. The number of rotatable bonds is 3. The second kappa shape index (κ2) is 3.73. The fourth-order valence-electron chi connectivity index (χ4n) is 0.797. The number of oxazole rings is 1. The van der Waals surface area contributed by atoms with E-state index >= 15 is 0 Å². The summed E-state index contributed by atoms with van der Waals surface area (Å²) in [5, 5.41) is 16.3. The minimum absolute atomic E-state index is 0.149. The average molecular weight is 227 g/mol. The quantitative estimate of drug-likeness (QED) is 0.834. The van der Waals surface area contributed by atoms with Crippen LogP contribution < -0.4 is 0 Å². The Morgan fingerprint density at radius 2 is 2.27 bits per heavy atom. The van der Waals surface area contributed by atoms with Gasteiger partial charge in [-0.15, -0.1) is 10.2 Å². The first-order valence-corrected chi connectivity index (χ1v) is 4.63. The molecule has 0 radical (unpaired) electrons. The highest BCUT2D eigenvalue weighted by molar-refractivity contribution is 7.98. The van der Waals surface area contributed by atoms with E-state index in [0.29, 0.717) is 5.89 Å². The molecule has 0 unspecified atom stereocenters. The van der Waals surface area contributed by atoms with Gasteiger partial charge in [0.1, 0.15) is 6.26 Å². The molecule has 2 aromatic heterocycles. The Hall–Kier alpha value is -1.83. The summed E-state index contributed by atoms with van der Waals surface area (Å²) in [5.41, 5.74) is -0.159. The van der Waals surface area contributed by atoms with Crippen LogP contribution in [0.1, 0.15) is 16.4 Å². The van der Waals surface area contributed by atoms with Crippen LogP contribution in [0.3, 0.4) is 0 Å². The normalized spacial score (nSPS) is 10.5. The van der Waals surface area contributed by atoms with Gasteiger partial charge >= 0.3 is 5.97 Å². The van der Waals surface area contributed by atoms with Crippen LogP contribution in [-0.2, 0) is 0 Å². The van der Waals surface area contributed by atoms with Crippen LogP contribution >= 0.6 is 11.8 Å². The zero-order chi connectivity index (χ0) is 10.8. The van der Waals surface area contributed by atoms with Gasteiger partial charge in [0, 0.05) is 18.7 Å². The van der Waals surface area contributed by atoms with Gasteiger partial charge in [-0.1, -0.05) is 0 Å². The first-order chi connectivity index (χ1) is 7.15. The van der Waals surface area contributed by atoms with Crippen molar-refractivity contribution in [2.75, 3.05) is 0 Å². The Morgan fingerprint density at radius 3 is 2.80 bits per heavy atom. The molecular weight excluding hydrogens is 222 g/mol. The maximum Gasteiger partial charge on any atom is 0.357 e. The van der Waals surface area contributed by atoms with Crippen LogP contribution in [0.5, 0.6) is 0 Å². The highest BCUT2D eigenvalue weighted by Crippen LogP contribution is 2.25. The van der Waals surface area contributed by atoms with E-state index in [1.807, 2.05) is 0 Å². The lowest BCUT2D eigenvalue weighted by atomic mass is 10.5. The van der Waals surface area contributed by atoms with Crippen LogP contribution in [0.4, 0.5) is 0 Å². The molecule has 0 aliphatic carbocycles. The molecule has 8 heteroatoms. The lowest BCUT2D eigenvalue weighted by molar-refractivity contribution is 0.0690. The summed E-state index contributed by atoms with van der Waals surface area (Å²) in [6, 6.07) is 0. The van der Waals surface area contributed by atoms with Crippen LogP contribution in [-0.4, -0.2) is 26.3 Å². The second-order valence-electron chi connectivity index (χ2n) is 2.49. The van der Waals surface area contributed by atoms with Crippen LogP contribution in [0.25, 0.3) is 0 Å². The van der Waals surface area contributed by atoms with E-state index in [1.165, 1.54) is 0 Å². The molecular formula is C7H5N3O4S. The van der Waals surface area contributed by atoms with Crippen LogP contribution in [0.15, 0.2) is 25.5 Å². The maximum atomic E-state index is 10.5. The number of carboxylic acid groups (broad SMARTS) is 1. The minimum Gasteiger partial charge on any atom is -0.476 e. The topological polar surface area (TPSA) is 102 Å². The van der Waals surface area contributed by atoms with Crippen molar-refractivity contribution in [3.8, 4) is 0 Å². The molecule has 0 saturated carbocycles. The third-order valence-electron chi connectivity index (χ3n) is 1.38. The van der Waals surface area contributed by atoms with E-state index in [0.717, 1.165) is 18.0 Å². The zero-order valence-electron chi connectivity index (χ0n) is 7.50. The first kappa shape index (κ1) is 9.71. The predicted octanol–water partition coefficient (Wildman–Crippen LogP) is 1.22. The molecule has 2 heterocycles. The predicted molar refractivity (Wildman–Crippen MR) is 46.6 cm³/mol. The Labute approximate surface area is 87.5 Å². The van der Waals surface area contributed by atoms with E-state index in [2.05, 4.69) is 15.2 Å². The van der Waals surface area contributed by atoms with Gasteiger partial charge in [0.25, 0.3) is 10.4 Å². The molecule has 0 saturated heterocycles. The zero-order valence-corrected chi connectivity index (χ0v) is 8.32.